The van der Waals surface area contributed by atoms with Gasteiger partial charge in [-0.3, -0.25) is 23.0 Å². The van der Waals surface area contributed by atoms with E-state index in [0.717, 1.165) is 37.3 Å². The van der Waals surface area contributed by atoms with Crippen molar-refractivity contribution in [3.63, 3.8) is 0 Å². The normalized spacial score (nSPS) is 13.7. The van der Waals surface area contributed by atoms with Crippen molar-refractivity contribution in [1.82, 2.24) is 0 Å². The van der Waals surface area contributed by atoms with Gasteiger partial charge < -0.3 is 10.2 Å². The van der Waals surface area contributed by atoms with Crippen molar-refractivity contribution < 1.29 is 66.9 Å². The van der Waals surface area contributed by atoms with Crippen LogP contribution in [0.2, 0.25) is 0 Å². The quantitative estimate of drug-likeness (QED) is 0.0271. The lowest BCUT2D eigenvalue weighted by atomic mass is 10.1. The average molecular weight is 976 g/mol. The molecule has 0 heterocycles. The topological polar surface area (TPSA) is 362 Å². The van der Waals surface area contributed by atoms with Crippen LogP contribution in [0.1, 0.15) is 6.92 Å². The number of rotatable bonds is 13. The monoisotopic (exact) mass is 975 g/mol. The Labute approximate surface area is 373 Å². The Morgan fingerprint density at radius 3 is 1.67 bits per heavy atom. The van der Waals surface area contributed by atoms with Gasteiger partial charge in [0.15, 0.2) is 11.5 Å². The minimum atomic E-state index is -5.31. The maximum absolute atomic E-state index is 12.7. The van der Waals surface area contributed by atoms with E-state index in [1.165, 1.54) is 36.4 Å². The number of azo groups is 3. The number of benzene rings is 7. The number of nitrogens with zero attached hydrogens (tertiary/aromatic N) is 7. The summed E-state index contributed by atoms with van der Waals surface area (Å²) in [5, 5.41) is 45.4. The Morgan fingerprint density at radius 1 is 0.515 bits per heavy atom. The molecule has 1 atom stereocenters. The molecule has 0 saturated heterocycles. The van der Waals surface area contributed by atoms with E-state index in [-0.39, 0.29) is 38.9 Å². The van der Waals surface area contributed by atoms with Gasteiger partial charge in [0.05, 0.1) is 38.7 Å². The van der Waals surface area contributed by atoms with E-state index >= 15 is 0 Å². The van der Waals surface area contributed by atoms with Crippen molar-refractivity contribution in [1.29, 1.82) is 0 Å². The fourth-order valence-corrected chi connectivity index (χ4v) is 9.17. The summed E-state index contributed by atoms with van der Waals surface area (Å²) in [4.78, 5) is 13.1. The predicted molar refractivity (Wildman–Crippen MR) is 236 cm³/mol. The molecular weight excluding hydrogens is 947 g/mol. The minimum Gasteiger partial charge on any atom is -0.505 e. The van der Waals surface area contributed by atoms with Crippen LogP contribution in [0, 0.1) is 0 Å². The molecule has 7 aromatic rings. The molecule has 0 spiro atoms. The number of ketones is 1. The minimum absolute atomic E-state index is 0.0124. The molecule has 338 valence electrons. The lowest BCUT2D eigenvalue weighted by molar-refractivity contribution is -0.117. The molecule has 0 aliphatic heterocycles. The molecule has 0 fully saturated rings. The Kier molecular flexibility index (Phi) is 12.4. The third-order valence-electron chi connectivity index (χ3n) is 9.46. The van der Waals surface area contributed by atoms with Gasteiger partial charge in [0.2, 0.25) is 11.9 Å². The Morgan fingerprint density at radius 2 is 1.09 bits per heavy atom. The molecule has 0 radical (unpaired) electrons. The molecule has 66 heavy (non-hydrogen) atoms. The summed E-state index contributed by atoms with van der Waals surface area (Å²) in [6, 6.07) is 22.6. The largest absolute Gasteiger partial charge is 0.505 e. The van der Waals surface area contributed by atoms with Gasteiger partial charge in [-0.15, -0.1) is 15.3 Å². The molecule has 1 unspecified atom stereocenters. The van der Waals surface area contributed by atoms with Gasteiger partial charge >= 0.3 is 0 Å². The number of fused-ring (bicyclic) bond motifs is 3. The van der Waals surface area contributed by atoms with Crippen molar-refractivity contribution in [2.75, 3.05) is 0 Å². The van der Waals surface area contributed by atoms with Crippen LogP contribution in [0.15, 0.2) is 171 Å². The first-order chi connectivity index (χ1) is 30.9. The summed E-state index contributed by atoms with van der Waals surface area (Å²) in [5.74, 6) is -2.67. The Balaban J connectivity index is 1.35. The maximum atomic E-state index is 12.7. The van der Waals surface area contributed by atoms with Crippen molar-refractivity contribution in [2.24, 2.45) is 35.7 Å². The number of aliphatic hydroxyl groups excluding tert-OH is 1. The number of carbonyl (C=O) groups excluding carboxylic acids is 1. The number of hydrogen-bond acceptors (Lipinski definition) is 17. The van der Waals surface area contributed by atoms with Crippen molar-refractivity contribution in [2.45, 2.75) is 32.5 Å². The third kappa shape index (κ3) is 9.84. The van der Waals surface area contributed by atoms with Crippen molar-refractivity contribution in [3.8, 4) is 5.75 Å². The van der Waals surface area contributed by atoms with Crippen LogP contribution >= 0.6 is 0 Å². The fourth-order valence-electron chi connectivity index (χ4n) is 6.55. The van der Waals surface area contributed by atoms with Crippen LogP contribution in [-0.4, -0.2) is 79.8 Å². The molecule has 26 heteroatoms. The van der Waals surface area contributed by atoms with Crippen LogP contribution < -0.4 is 0 Å². The molecule has 0 aliphatic rings. The van der Waals surface area contributed by atoms with Gasteiger partial charge in [0.25, 0.3) is 40.5 Å². The standard InChI is InChI=1S/C40H29N7O15S4/c1-21(48)37(40(50)41-23-8-3-2-4-9-23)46-45-32-20-25(63(51,52)53)16-22-17-35(66(60,61)62)38(39(49)36(22)32)47-44-31-15-14-30(26-10-5-6-11-27(26)31)43-42-24-18-29-28(34(19-24)65(57,58)59)12-7-13-33(29)64(54,55)56/h2-20,37,49H,1H3,(H,41,50)(H,51,52,53)(H,54,55,56)(H,57,58,59)(H,60,61,62). The smallest absolute Gasteiger partial charge is 0.296 e. The van der Waals surface area contributed by atoms with Crippen LogP contribution in [0.4, 0.5) is 34.1 Å². The molecule has 0 amide bonds. The van der Waals surface area contributed by atoms with E-state index < -0.39 is 106 Å². The first kappa shape index (κ1) is 46.7. The number of Topliss-reactive ketones (excluding diaryl/α,β-unsaturated/α-hetero) is 1. The third-order valence-corrected chi connectivity index (χ3v) is 13.0. The second-order valence-electron chi connectivity index (χ2n) is 13.9. The van der Waals surface area contributed by atoms with E-state index in [0.29, 0.717) is 17.5 Å². The number of para-hydroxylation sites is 1. The molecule has 0 saturated carbocycles. The van der Waals surface area contributed by atoms with E-state index in [2.05, 4.69) is 35.7 Å². The lowest BCUT2D eigenvalue weighted by Crippen LogP contribution is -2.25. The van der Waals surface area contributed by atoms with E-state index in [1.807, 2.05) is 0 Å². The lowest BCUT2D eigenvalue weighted by Gasteiger charge is -2.12. The van der Waals surface area contributed by atoms with Crippen LogP contribution in [-0.2, 0) is 45.3 Å². The summed E-state index contributed by atoms with van der Waals surface area (Å²) in [5.41, 5.74) is -1.45. The zero-order chi connectivity index (χ0) is 47.9. The summed E-state index contributed by atoms with van der Waals surface area (Å²) in [6.07, 6.45) is 0. The van der Waals surface area contributed by atoms with E-state index in [9.17, 15) is 66.9 Å². The molecule has 6 N–H and O–H groups in total. The Bertz CT molecular complexity index is 3770. The molecular formula is C40H29N7O15S4. The first-order valence-electron chi connectivity index (χ1n) is 18.3. The molecule has 22 nitrogen and oxygen atoms in total. The highest BCUT2D eigenvalue weighted by Gasteiger charge is 2.27. The fraction of sp³-hybridized carbons (Fsp3) is 0.0500. The molecule has 0 aliphatic carbocycles. The van der Waals surface area contributed by atoms with Gasteiger partial charge in [0.1, 0.15) is 20.4 Å². The number of phenols is 1. The van der Waals surface area contributed by atoms with Crippen molar-refractivity contribution in [3.05, 3.63) is 115 Å². The van der Waals surface area contributed by atoms with Crippen LogP contribution in [0.3, 0.4) is 0 Å². The summed E-state index contributed by atoms with van der Waals surface area (Å²) < 4.78 is 139. The highest BCUT2D eigenvalue weighted by molar-refractivity contribution is 7.87. The number of phenolic OH excluding ortho intramolecular Hbond substituents is 1. The SMILES string of the molecule is CC(=O)C(N=Nc1cc(S(=O)(=O)O)cc2cc(S(=O)(=O)O)c(N=Nc3ccc(N=Nc4cc(S(=O)(=O)O)c5cccc(S(=O)(=O)O)c5c4)c4ccccc34)c(O)c12)C(O)=Nc1ccccc1. The van der Waals surface area contributed by atoms with Gasteiger partial charge in [-0.25, -0.2) is 4.99 Å². The highest BCUT2D eigenvalue weighted by atomic mass is 32.2. The average Bonchev–Trinajstić information content (AvgIpc) is 3.23. The van der Waals surface area contributed by atoms with Crippen molar-refractivity contribution >= 4 is 119 Å². The van der Waals surface area contributed by atoms with Gasteiger partial charge in [-0.2, -0.15) is 49.0 Å². The molecule has 0 bridgehead atoms. The second-order valence-corrected chi connectivity index (χ2v) is 19.5. The zero-order valence-corrected chi connectivity index (χ0v) is 36.4. The summed E-state index contributed by atoms with van der Waals surface area (Å²) in [7, 11) is -20.2. The highest BCUT2D eigenvalue weighted by Crippen LogP contribution is 2.47. The van der Waals surface area contributed by atoms with E-state index in [4.69, 9.17) is 0 Å². The first-order valence-corrected chi connectivity index (χ1v) is 24.1. The zero-order valence-electron chi connectivity index (χ0n) is 33.2. The maximum Gasteiger partial charge on any atom is 0.296 e. The van der Waals surface area contributed by atoms with Crippen LogP contribution in [0.25, 0.3) is 32.3 Å². The summed E-state index contributed by atoms with van der Waals surface area (Å²) >= 11 is 0. The van der Waals surface area contributed by atoms with Gasteiger partial charge in [-0.1, -0.05) is 54.6 Å². The molecule has 7 rings (SSSR count). The van der Waals surface area contributed by atoms with E-state index in [1.54, 1.807) is 36.4 Å². The summed E-state index contributed by atoms with van der Waals surface area (Å²) in [6.45, 7) is 1.04. The number of aliphatic hydroxyl groups is 1. The predicted octanol–water partition coefficient (Wildman–Crippen LogP) is 9.00. The van der Waals surface area contributed by atoms with Crippen LogP contribution in [0.5, 0.6) is 5.75 Å². The Hall–Kier alpha value is -7.30. The number of carbonyl (C=O) groups is 1. The van der Waals surface area contributed by atoms with Gasteiger partial charge in [-0.05, 0) is 73.0 Å². The second kappa shape index (κ2) is 17.6. The van der Waals surface area contributed by atoms with Gasteiger partial charge in [0, 0.05) is 21.5 Å². The molecule has 0 aromatic heterocycles. The molecule has 7 aromatic carbocycles. The number of hydrogen-bond donors (Lipinski definition) is 6. The number of aromatic hydroxyl groups is 1. The number of aliphatic imine (C=N–C) groups is 1.